The van der Waals surface area contributed by atoms with Gasteiger partial charge < -0.3 is 0 Å². The minimum absolute atomic E-state index is 0.0256. The number of hydrogen-bond donors (Lipinski definition) is 1. The quantitative estimate of drug-likeness (QED) is 0.912. The van der Waals surface area contributed by atoms with E-state index in [-0.39, 0.29) is 5.91 Å². The van der Waals surface area contributed by atoms with Crippen LogP contribution >= 0.6 is 11.8 Å². The minimum atomic E-state index is -0.681. The monoisotopic (exact) mass is 263 g/mol. The molecule has 1 heterocycles. The molecule has 0 fully saturated rings. The molecule has 18 heavy (non-hydrogen) atoms. The second kappa shape index (κ2) is 5.02. The largest absolute Gasteiger partial charge is 0.289 e. The van der Waals surface area contributed by atoms with Crippen molar-refractivity contribution in [2.75, 3.05) is 11.2 Å². The van der Waals surface area contributed by atoms with E-state index in [0.717, 1.165) is 16.6 Å². The Labute approximate surface area is 111 Å². The summed E-state index contributed by atoms with van der Waals surface area (Å²) < 4.78 is 0. The molecule has 0 atom stereocenters. The lowest BCUT2D eigenvalue weighted by atomic mass is 10.1. The van der Waals surface area contributed by atoms with Gasteiger partial charge in [-0.15, -0.1) is 0 Å². The summed E-state index contributed by atoms with van der Waals surface area (Å²) >= 11 is 1.56. The molecule has 1 N–H and O–H groups in total. The first kappa shape index (κ1) is 13.0. The van der Waals surface area contributed by atoms with E-state index in [1.54, 1.807) is 16.8 Å². The van der Waals surface area contributed by atoms with Gasteiger partial charge in [-0.3, -0.25) is 10.2 Å². The summed E-state index contributed by atoms with van der Waals surface area (Å²) in [6, 6.07) is 9.64. The van der Waals surface area contributed by atoms with Crippen LogP contribution in [0.1, 0.15) is 20.8 Å². The van der Waals surface area contributed by atoms with Crippen molar-refractivity contribution in [3.63, 3.8) is 0 Å². The molecule has 0 aromatic heterocycles. The number of carbonyl (C=O) groups excluding carboxylic acids is 1. The molecule has 2 rings (SSSR count). The zero-order valence-corrected chi connectivity index (χ0v) is 11.6. The fourth-order valence-electron chi connectivity index (χ4n) is 1.66. The fraction of sp³-hybridized carbons (Fsp3) is 0.385. The fourth-order valence-corrected chi connectivity index (χ4v) is 2.47. The van der Waals surface area contributed by atoms with E-state index >= 15 is 0 Å². The summed E-state index contributed by atoms with van der Waals surface area (Å²) in [6.07, 6.45) is 0. The van der Waals surface area contributed by atoms with Gasteiger partial charge in [-0.2, -0.15) is 5.01 Å². The van der Waals surface area contributed by atoms with Crippen molar-refractivity contribution >= 4 is 28.5 Å². The zero-order chi connectivity index (χ0) is 13.2. The van der Waals surface area contributed by atoms with Crippen molar-refractivity contribution in [3.05, 3.63) is 30.3 Å². The van der Waals surface area contributed by atoms with Crippen molar-refractivity contribution in [1.82, 2.24) is 5.01 Å². The lowest BCUT2D eigenvalue weighted by Gasteiger charge is -2.21. The Balaban J connectivity index is 2.21. The molecule has 1 aromatic rings. The first-order chi connectivity index (χ1) is 8.54. The molecule has 1 aliphatic heterocycles. The lowest BCUT2D eigenvalue weighted by molar-refractivity contribution is -0.129. The van der Waals surface area contributed by atoms with Crippen molar-refractivity contribution in [2.45, 2.75) is 26.3 Å². The highest BCUT2D eigenvalue weighted by Crippen LogP contribution is 2.27. The number of carbonyl (C=O) groups is 1. The van der Waals surface area contributed by atoms with Gasteiger partial charge in [-0.1, -0.05) is 36.9 Å². The molecule has 0 bridgehead atoms. The SMILES string of the molecule is CCSC1=NC(C)(C)C(=O)N1Nc1ccccc1. The molecule has 0 saturated heterocycles. The topological polar surface area (TPSA) is 44.7 Å². The van der Waals surface area contributed by atoms with E-state index in [0.29, 0.717) is 0 Å². The number of rotatable bonds is 3. The lowest BCUT2D eigenvalue weighted by Crippen LogP contribution is -2.42. The van der Waals surface area contributed by atoms with Gasteiger partial charge in [0.05, 0.1) is 5.69 Å². The van der Waals surface area contributed by atoms with Crippen LogP contribution in [0.2, 0.25) is 0 Å². The maximum Gasteiger partial charge on any atom is 0.274 e. The Bertz CT molecular complexity index is 470. The van der Waals surface area contributed by atoms with Crippen LogP contribution in [0, 0.1) is 0 Å². The molecule has 5 heteroatoms. The van der Waals surface area contributed by atoms with Crippen LogP contribution in [-0.4, -0.2) is 27.4 Å². The van der Waals surface area contributed by atoms with Gasteiger partial charge in [0.15, 0.2) is 5.17 Å². The molecule has 0 saturated carbocycles. The van der Waals surface area contributed by atoms with E-state index in [9.17, 15) is 4.79 Å². The standard InChI is InChI=1S/C13H17N3OS/c1-4-18-12-14-13(2,3)11(17)16(12)15-10-8-6-5-7-9-10/h5-9,15H,4H2,1-3H3. The molecule has 1 amide bonds. The number of nitrogens with one attached hydrogen (secondary N) is 1. The van der Waals surface area contributed by atoms with E-state index in [4.69, 9.17) is 0 Å². The van der Waals surface area contributed by atoms with E-state index in [1.807, 2.05) is 51.1 Å². The predicted octanol–water partition coefficient (Wildman–Crippen LogP) is 2.74. The highest BCUT2D eigenvalue weighted by molar-refractivity contribution is 8.13. The predicted molar refractivity (Wildman–Crippen MR) is 76.6 cm³/mol. The van der Waals surface area contributed by atoms with Crippen LogP contribution in [0.4, 0.5) is 5.69 Å². The van der Waals surface area contributed by atoms with Gasteiger partial charge in [0, 0.05) is 0 Å². The molecule has 1 aromatic carbocycles. The van der Waals surface area contributed by atoms with Gasteiger partial charge in [0.2, 0.25) is 0 Å². The first-order valence-corrected chi connectivity index (χ1v) is 6.92. The Morgan fingerprint density at radius 2 is 2.00 bits per heavy atom. The molecule has 0 aliphatic carbocycles. The number of hydrogen-bond acceptors (Lipinski definition) is 4. The number of aliphatic imine (C=N–C) groups is 1. The summed E-state index contributed by atoms with van der Waals surface area (Å²) in [5.74, 6) is 0.858. The first-order valence-electron chi connectivity index (χ1n) is 5.93. The van der Waals surface area contributed by atoms with Crippen LogP contribution < -0.4 is 5.43 Å². The molecule has 4 nitrogen and oxygen atoms in total. The Morgan fingerprint density at radius 1 is 1.33 bits per heavy atom. The van der Waals surface area contributed by atoms with E-state index in [2.05, 4.69) is 10.4 Å². The molecular formula is C13H17N3OS. The molecule has 0 unspecified atom stereocenters. The zero-order valence-electron chi connectivity index (χ0n) is 10.8. The second-order valence-corrected chi connectivity index (χ2v) is 5.74. The second-order valence-electron chi connectivity index (χ2n) is 4.50. The number of nitrogens with zero attached hydrogens (tertiary/aromatic N) is 2. The number of thioether (sulfide) groups is 1. The molecule has 0 spiro atoms. The van der Waals surface area contributed by atoms with E-state index < -0.39 is 5.54 Å². The molecule has 1 aliphatic rings. The Morgan fingerprint density at radius 3 is 2.61 bits per heavy atom. The van der Waals surface area contributed by atoms with E-state index in [1.165, 1.54) is 0 Å². The maximum absolute atomic E-state index is 12.3. The average molecular weight is 263 g/mol. The summed E-state index contributed by atoms with van der Waals surface area (Å²) in [7, 11) is 0. The number of amidine groups is 1. The van der Waals surface area contributed by atoms with Crippen LogP contribution in [0.3, 0.4) is 0 Å². The van der Waals surface area contributed by atoms with Gasteiger partial charge in [0.1, 0.15) is 5.54 Å². The van der Waals surface area contributed by atoms with Crippen LogP contribution in [-0.2, 0) is 4.79 Å². The molecular weight excluding hydrogens is 246 g/mol. The van der Waals surface area contributed by atoms with Crippen LogP contribution in [0.25, 0.3) is 0 Å². The van der Waals surface area contributed by atoms with Gasteiger partial charge in [0.25, 0.3) is 5.91 Å². The van der Waals surface area contributed by atoms with Gasteiger partial charge >= 0.3 is 0 Å². The van der Waals surface area contributed by atoms with Crippen molar-refractivity contribution in [3.8, 4) is 0 Å². The Hall–Kier alpha value is -1.49. The number of para-hydroxylation sites is 1. The smallest absolute Gasteiger partial charge is 0.274 e. The summed E-state index contributed by atoms with van der Waals surface area (Å²) in [5, 5.41) is 2.28. The minimum Gasteiger partial charge on any atom is -0.289 e. The van der Waals surface area contributed by atoms with Crippen molar-refractivity contribution < 1.29 is 4.79 Å². The number of benzene rings is 1. The third kappa shape index (κ3) is 2.51. The summed E-state index contributed by atoms with van der Waals surface area (Å²) in [6.45, 7) is 5.71. The number of hydrazine groups is 1. The van der Waals surface area contributed by atoms with Crippen LogP contribution in [0.5, 0.6) is 0 Å². The third-order valence-electron chi connectivity index (χ3n) is 2.58. The van der Waals surface area contributed by atoms with Crippen LogP contribution in [0.15, 0.2) is 35.3 Å². The number of amides is 1. The average Bonchev–Trinajstić information content (AvgIpc) is 2.55. The summed E-state index contributed by atoms with van der Waals surface area (Å²) in [4.78, 5) is 16.7. The highest BCUT2D eigenvalue weighted by Gasteiger charge is 2.41. The van der Waals surface area contributed by atoms with Crippen molar-refractivity contribution in [2.24, 2.45) is 4.99 Å². The maximum atomic E-state index is 12.3. The Kier molecular flexibility index (Phi) is 3.61. The molecule has 96 valence electrons. The normalized spacial score (nSPS) is 17.8. The highest BCUT2D eigenvalue weighted by atomic mass is 32.2. The van der Waals surface area contributed by atoms with Crippen molar-refractivity contribution in [1.29, 1.82) is 0 Å². The number of anilines is 1. The van der Waals surface area contributed by atoms with Gasteiger partial charge in [-0.25, -0.2) is 4.99 Å². The summed E-state index contributed by atoms with van der Waals surface area (Å²) in [5.41, 5.74) is 3.31. The molecule has 0 radical (unpaired) electrons. The van der Waals surface area contributed by atoms with Gasteiger partial charge in [-0.05, 0) is 31.7 Å². The third-order valence-corrected chi connectivity index (χ3v) is 3.40.